The van der Waals surface area contributed by atoms with Crippen molar-refractivity contribution in [3.05, 3.63) is 54.7 Å². The third-order valence-corrected chi connectivity index (χ3v) is 2.79. The Morgan fingerprint density at radius 1 is 1.09 bits per heavy atom. The minimum absolute atomic E-state index is 0.420. The van der Waals surface area contributed by atoms with Crippen LogP contribution < -0.4 is 15.6 Å². The molecule has 22 heavy (non-hydrogen) atoms. The van der Waals surface area contributed by atoms with Gasteiger partial charge in [0.1, 0.15) is 11.4 Å². The van der Waals surface area contributed by atoms with E-state index in [2.05, 4.69) is 6.58 Å². The Bertz CT molecular complexity index is 698. The smallest absolute Gasteiger partial charge is 0.432 e. The lowest BCUT2D eigenvalue weighted by molar-refractivity contribution is -0.125. The fraction of sp³-hybridized carbons (Fsp3) is 0.133. The van der Waals surface area contributed by atoms with E-state index in [-0.39, 0.29) is 0 Å². The number of carbonyl (C=O) groups excluding carboxylic acids is 1. The summed E-state index contributed by atoms with van der Waals surface area (Å²) in [4.78, 5) is 11.4. The Morgan fingerprint density at radius 3 is 2.45 bits per heavy atom. The van der Waals surface area contributed by atoms with Crippen molar-refractivity contribution in [2.24, 2.45) is 0 Å². The summed E-state index contributed by atoms with van der Waals surface area (Å²) in [5.74, 6) is -0.304. The molecule has 116 valence electrons. The number of hydrogen-bond acceptors (Lipinski definition) is 3. The summed E-state index contributed by atoms with van der Waals surface area (Å²) >= 11 is 0. The molecule has 2 rings (SSSR count). The Kier molecular flexibility index (Phi) is 4.55. The number of rotatable bonds is 5. The lowest BCUT2D eigenvalue weighted by Crippen LogP contribution is -2.42. The second-order valence-electron chi connectivity index (χ2n) is 4.45. The van der Waals surface area contributed by atoms with Gasteiger partial charge in [-0.1, -0.05) is 36.9 Å². The van der Waals surface area contributed by atoms with Crippen LogP contribution in [0.25, 0.3) is 10.8 Å². The zero-order valence-electron chi connectivity index (χ0n) is 11.4. The van der Waals surface area contributed by atoms with Crippen molar-refractivity contribution in [1.29, 1.82) is 0 Å². The first-order valence-electron chi connectivity index (χ1n) is 6.29. The number of hydrogen-bond donors (Lipinski definition) is 2. The zero-order valence-corrected chi connectivity index (χ0v) is 11.4. The fourth-order valence-corrected chi connectivity index (χ4v) is 1.66. The van der Waals surface area contributed by atoms with Gasteiger partial charge in [-0.3, -0.25) is 15.6 Å². The van der Waals surface area contributed by atoms with Gasteiger partial charge in [0.25, 0.3) is 5.91 Å². The number of fused-ring (bicyclic) bond motifs is 1. The highest BCUT2D eigenvalue weighted by Gasteiger charge is 2.32. The van der Waals surface area contributed by atoms with Crippen molar-refractivity contribution in [1.82, 2.24) is 10.9 Å². The molecule has 0 unspecified atom stereocenters. The Labute approximate surface area is 124 Å². The van der Waals surface area contributed by atoms with Crippen LogP contribution in [0, 0.1) is 0 Å². The second-order valence-corrected chi connectivity index (χ2v) is 4.45. The molecule has 0 bridgehead atoms. The Hall–Kier alpha value is -2.70. The molecule has 2 N–H and O–H groups in total. The van der Waals surface area contributed by atoms with Gasteiger partial charge in [0.05, 0.1) is 0 Å². The molecule has 4 nitrogen and oxygen atoms in total. The second kappa shape index (κ2) is 6.38. The van der Waals surface area contributed by atoms with Crippen molar-refractivity contribution in [2.45, 2.75) is 6.18 Å². The molecule has 0 aliphatic heterocycles. The van der Waals surface area contributed by atoms with Crippen molar-refractivity contribution < 1.29 is 22.7 Å². The van der Waals surface area contributed by atoms with Gasteiger partial charge in [0.2, 0.25) is 0 Å². The molecule has 1 amide bonds. The van der Waals surface area contributed by atoms with Crippen LogP contribution in [0.1, 0.15) is 0 Å². The first-order chi connectivity index (χ1) is 10.4. The molecule has 7 heteroatoms. The molecular formula is C15H13F3N2O2. The largest absolute Gasteiger partial charge is 0.484 e. The van der Waals surface area contributed by atoms with E-state index in [1.54, 1.807) is 17.6 Å². The molecular weight excluding hydrogens is 297 g/mol. The SMILES string of the molecule is C=C(NNC(=O)COc1ccc2ccccc2c1)C(F)(F)F. The summed E-state index contributed by atoms with van der Waals surface area (Å²) in [6.45, 7) is 2.34. The summed E-state index contributed by atoms with van der Waals surface area (Å²) in [5, 5.41) is 1.95. The van der Waals surface area contributed by atoms with E-state index in [9.17, 15) is 18.0 Å². The highest BCUT2D eigenvalue weighted by atomic mass is 19.4. The molecule has 0 aromatic heterocycles. The molecule has 0 radical (unpaired) electrons. The Balaban J connectivity index is 1.86. The van der Waals surface area contributed by atoms with Crippen LogP contribution in [0.5, 0.6) is 5.75 Å². The summed E-state index contributed by atoms with van der Waals surface area (Å²) < 4.78 is 41.7. The summed E-state index contributed by atoms with van der Waals surface area (Å²) in [7, 11) is 0. The van der Waals surface area contributed by atoms with Crippen molar-refractivity contribution >= 4 is 16.7 Å². The van der Waals surface area contributed by atoms with E-state index in [1.165, 1.54) is 0 Å². The molecule has 0 aliphatic rings. The average Bonchev–Trinajstić information content (AvgIpc) is 2.49. The minimum Gasteiger partial charge on any atom is -0.484 e. The molecule has 0 heterocycles. The molecule has 0 saturated carbocycles. The lowest BCUT2D eigenvalue weighted by atomic mass is 10.1. The number of hydrazine groups is 1. The van der Waals surface area contributed by atoms with E-state index in [4.69, 9.17) is 4.74 Å². The highest BCUT2D eigenvalue weighted by molar-refractivity contribution is 5.84. The predicted molar refractivity (Wildman–Crippen MR) is 75.9 cm³/mol. The molecule has 0 spiro atoms. The first-order valence-corrected chi connectivity index (χ1v) is 6.29. The molecule has 0 atom stereocenters. The standard InChI is InChI=1S/C15H13F3N2O2/c1-10(15(16,17)18)19-20-14(21)9-22-13-7-6-11-4-2-3-5-12(11)8-13/h2-8,19H,1,9H2,(H,20,21). The number of nitrogens with one attached hydrogen (secondary N) is 2. The third-order valence-electron chi connectivity index (χ3n) is 2.79. The van der Waals surface area contributed by atoms with Crippen LogP contribution in [-0.4, -0.2) is 18.7 Å². The van der Waals surface area contributed by atoms with E-state index < -0.39 is 24.4 Å². The quantitative estimate of drug-likeness (QED) is 0.835. The highest BCUT2D eigenvalue weighted by Crippen LogP contribution is 2.21. The fourth-order valence-electron chi connectivity index (χ4n) is 1.66. The topological polar surface area (TPSA) is 50.4 Å². The van der Waals surface area contributed by atoms with Crippen LogP contribution in [0.15, 0.2) is 54.7 Å². The van der Waals surface area contributed by atoms with Crippen LogP contribution in [0.4, 0.5) is 13.2 Å². The summed E-state index contributed by atoms with van der Waals surface area (Å²) in [6.07, 6.45) is -4.62. The number of alkyl halides is 3. The summed E-state index contributed by atoms with van der Waals surface area (Å²) in [6, 6.07) is 12.8. The van der Waals surface area contributed by atoms with Gasteiger partial charge in [-0.05, 0) is 22.9 Å². The van der Waals surface area contributed by atoms with Crippen molar-refractivity contribution in [3.63, 3.8) is 0 Å². The maximum Gasteiger partial charge on any atom is 0.432 e. The van der Waals surface area contributed by atoms with Gasteiger partial charge in [0, 0.05) is 0 Å². The van der Waals surface area contributed by atoms with Gasteiger partial charge in [-0.25, -0.2) is 0 Å². The minimum atomic E-state index is -4.62. The van der Waals surface area contributed by atoms with Crippen LogP contribution in [0.2, 0.25) is 0 Å². The average molecular weight is 310 g/mol. The van der Waals surface area contributed by atoms with Crippen molar-refractivity contribution in [3.8, 4) is 5.75 Å². The van der Waals surface area contributed by atoms with Crippen LogP contribution in [-0.2, 0) is 4.79 Å². The number of halogens is 3. The number of carbonyl (C=O) groups is 1. The van der Waals surface area contributed by atoms with E-state index in [0.29, 0.717) is 5.75 Å². The van der Waals surface area contributed by atoms with E-state index >= 15 is 0 Å². The van der Waals surface area contributed by atoms with Crippen molar-refractivity contribution in [2.75, 3.05) is 6.61 Å². The lowest BCUT2D eigenvalue weighted by Gasteiger charge is -2.13. The van der Waals surface area contributed by atoms with E-state index in [1.807, 2.05) is 35.8 Å². The number of benzene rings is 2. The van der Waals surface area contributed by atoms with E-state index in [0.717, 1.165) is 10.8 Å². The maximum atomic E-state index is 12.2. The van der Waals surface area contributed by atoms with Crippen LogP contribution in [0.3, 0.4) is 0 Å². The van der Waals surface area contributed by atoms with Gasteiger partial charge >= 0.3 is 6.18 Å². The monoisotopic (exact) mass is 310 g/mol. The van der Waals surface area contributed by atoms with Gasteiger partial charge < -0.3 is 4.74 Å². The molecule has 0 fully saturated rings. The number of amides is 1. The summed E-state index contributed by atoms with van der Waals surface area (Å²) in [5.41, 5.74) is 2.29. The molecule has 2 aromatic rings. The first kappa shape index (κ1) is 15.7. The normalized spacial score (nSPS) is 11.0. The number of allylic oxidation sites excluding steroid dienone is 1. The van der Waals surface area contributed by atoms with Crippen LogP contribution >= 0.6 is 0 Å². The maximum absolute atomic E-state index is 12.2. The molecule has 2 aromatic carbocycles. The van der Waals surface area contributed by atoms with Gasteiger partial charge in [-0.15, -0.1) is 0 Å². The Morgan fingerprint density at radius 2 is 1.77 bits per heavy atom. The molecule has 0 aliphatic carbocycles. The number of ether oxygens (including phenoxy) is 1. The predicted octanol–water partition coefficient (Wildman–Crippen LogP) is 2.92. The van der Waals surface area contributed by atoms with Gasteiger partial charge in [-0.2, -0.15) is 13.2 Å². The third kappa shape index (κ3) is 4.15. The van der Waals surface area contributed by atoms with Gasteiger partial charge in [0.15, 0.2) is 6.61 Å². The zero-order chi connectivity index (χ0) is 16.2. The molecule has 0 saturated heterocycles.